The lowest BCUT2D eigenvalue weighted by Gasteiger charge is -2.15. The summed E-state index contributed by atoms with van der Waals surface area (Å²) in [5, 5.41) is 4.22. The Morgan fingerprint density at radius 2 is 1.87 bits per heavy atom. The van der Waals surface area contributed by atoms with Crippen molar-refractivity contribution in [3.63, 3.8) is 0 Å². The maximum Gasteiger partial charge on any atom is 0.283 e. The first-order valence-electron chi connectivity index (χ1n) is 9.73. The third-order valence-corrected chi connectivity index (χ3v) is 6.22. The van der Waals surface area contributed by atoms with Crippen LogP contribution in [0.5, 0.6) is 0 Å². The van der Waals surface area contributed by atoms with Crippen LogP contribution in [-0.4, -0.2) is 24.1 Å². The molecular weight excluding hydrogens is 396 g/mol. The van der Waals surface area contributed by atoms with Crippen LogP contribution in [-0.2, 0) is 4.79 Å². The van der Waals surface area contributed by atoms with Crippen LogP contribution < -0.4 is 16.1 Å². The van der Waals surface area contributed by atoms with E-state index in [9.17, 15) is 9.59 Å². The number of nitrogen functional groups attached to an aromatic ring is 1. The highest BCUT2D eigenvalue weighted by Gasteiger charge is 2.21. The summed E-state index contributed by atoms with van der Waals surface area (Å²) < 4.78 is 0. The van der Waals surface area contributed by atoms with E-state index in [2.05, 4.69) is 10.5 Å². The van der Waals surface area contributed by atoms with Crippen LogP contribution in [0.25, 0.3) is 10.4 Å². The molecule has 0 aliphatic carbocycles. The van der Waals surface area contributed by atoms with Crippen LogP contribution in [0, 0.1) is 0 Å². The molecule has 2 aromatic carbocycles. The SMILES string of the molecule is C/C(=N/NC(=O)c1sc(-c2ccccc2)cc1N)c1ccc(N2CCCC2=O)cc1. The molecule has 1 saturated heterocycles. The van der Waals surface area contributed by atoms with Crippen LogP contribution in [0.4, 0.5) is 11.4 Å². The van der Waals surface area contributed by atoms with Crippen LogP contribution >= 0.6 is 11.3 Å². The Hall–Kier alpha value is -3.45. The van der Waals surface area contributed by atoms with Gasteiger partial charge in [-0.1, -0.05) is 42.5 Å². The number of thiophene rings is 1. The van der Waals surface area contributed by atoms with Crippen molar-refractivity contribution >= 4 is 40.2 Å². The van der Waals surface area contributed by atoms with Crippen molar-refractivity contribution in [2.45, 2.75) is 19.8 Å². The lowest BCUT2D eigenvalue weighted by molar-refractivity contribution is -0.117. The van der Waals surface area contributed by atoms with Gasteiger partial charge in [-0.2, -0.15) is 5.10 Å². The molecule has 1 aliphatic rings. The van der Waals surface area contributed by atoms with Crippen molar-refractivity contribution in [1.82, 2.24) is 5.43 Å². The molecule has 0 unspecified atom stereocenters. The fourth-order valence-corrected chi connectivity index (χ4v) is 4.36. The van der Waals surface area contributed by atoms with Crippen molar-refractivity contribution in [1.29, 1.82) is 0 Å². The summed E-state index contributed by atoms with van der Waals surface area (Å²) in [6, 6.07) is 19.2. The van der Waals surface area contributed by atoms with E-state index in [1.54, 1.807) is 4.90 Å². The van der Waals surface area contributed by atoms with E-state index in [1.165, 1.54) is 11.3 Å². The molecule has 7 heteroatoms. The largest absolute Gasteiger partial charge is 0.397 e. The molecule has 0 bridgehead atoms. The number of nitrogens with zero attached hydrogens (tertiary/aromatic N) is 2. The van der Waals surface area contributed by atoms with Gasteiger partial charge in [0.05, 0.1) is 11.4 Å². The Bertz CT molecular complexity index is 1100. The quantitative estimate of drug-likeness (QED) is 0.479. The number of amides is 2. The smallest absolute Gasteiger partial charge is 0.283 e. The molecular formula is C23H22N4O2S. The van der Waals surface area contributed by atoms with E-state index in [4.69, 9.17) is 5.73 Å². The monoisotopic (exact) mass is 418 g/mol. The first kappa shape index (κ1) is 19.8. The van der Waals surface area contributed by atoms with E-state index in [0.717, 1.165) is 34.7 Å². The fraction of sp³-hybridized carbons (Fsp3) is 0.174. The minimum Gasteiger partial charge on any atom is -0.397 e. The number of hydrazone groups is 1. The number of hydrogen-bond acceptors (Lipinski definition) is 5. The van der Waals surface area contributed by atoms with Crippen LogP contribution in [0.3, 0.4) is 0 Å². The van der Waals surface area contributed by atoms with Gasteiger partial charge in [-0.05, 0) is 42.7 Å². The molecule has 2 amide bonds. The molecule has 2 heterocycles. The van der Waals surface area contributed by atoms with Gasteiger partial charge < -0.3 is 10.6 Å². The second-order valence-corrected chi connectivity index (χ2v) is 8.15. The van der Waals surface area contributed by atoms with Crippen LogP contribution in [0.15, 0.2) is 65.8 Å². The predicted octanol–water partition coefficient (Wildman–Crippen LogP) is 4.28. The number of carbonyl (C=O) groups excluding carboxylic acids is 2. The first-order valence-corrected chi connectivity index (χ1v) is 10.5. The molecule has 4 rings (SSSR count). The first-order chi connectivity index (χ1) is 14.5. The number of anilines is 2. The molecule has 0 radical (unpaired) electrons. The average Bonchev–Trinajstić information content (AvgIpc) is 3.38. The molecule has 1 aliphatic heterocycles. The summed E-state index contributed by atoms with van der Waals surface area (Å²) in [7, 11) is 0. The topological polar surface area (TPSA) is 87.8 Å². The second-order valence-electron chi connectivity index (χ2n) is 7.10. The van der Waals surface area contributed by atoms with E-state index >= 15 is 0 Å². The third-order valence-electron chi connectivity index (χ3n) is 5.02. The lowest BCUT2D eigenvalue weighted by Crippen LogP contribution is -2.23. The molecule has 0 spiro atoms. The minimum absolute atomic E-state index is 0.156. The number of nitrogens with one attached hydrogen (secondary N) is 1. The normalized spacial score (nSPS) is 14.2. The third kappa shape index (κ3) is 4.11. The van der Waals surface area contributed by atoms with E-state index in [-0.39, 0.29) is 11.8 Å². The van der Waals surface area contributed by atoms with Crippen LogP contribution in [0.2, 0.25) is 0 Å². The molecule has 3 N–H and O–H groups in total. The van der Waals surface area contributed by atoms with E-state index in [1.807, 2.05) is 67.6 Å². The Balaban J connectivity index is 1.45. The zero-order valence-electron chi connectivity index (χ0n) is 16.6. The fourth-order valence-electron chi connectivity index (χ4n) is 3.38. The minimum atomic E-state index is -0.335. The summed E-state index contributed by atoms with van der Waals surface area (Å²) in [6.07, 6.45) is 1.50. The predicted molar refractivity (Wildman–Crippen MR) is 122 cm³/mol. The molecule has 152 valence electrons. The highest BCUT2D eigenvalue weighted by molar-refractivity contribution is 7.18. The maximum atomic E-state index is 12.6. The van der Waals surface area contributed by atoms with Crippen molar-refractivity contribution in [2.75, 3.05) is 17.2 Å². The summed E-state index contributed by atoms with van der Waals surface area (Å²) >= 11 is 1.34. The van der Waals surface area contributed by atoms with Gasteiger partial charge in [0.1, 0.15) is 4.88 Å². The number of rotatable bonds is 5. The molecule has 3 aromatic rings. The molecule has 1 fully saturated rings. The second kappa shape index (κ2) is 8.51. The van der Waals surface area contributed by atoms with Gasteiger partial charge in [0, 0.05) is 23.5 Å². The number of benzene rings is 2. The number of hydrogen-bond donors (Lipinski definition) is 2. The van der Waals surface area contributed by atoms with Gasteiger partial charge in [-0.25, -0.2) is 5.43 Å². The standard InChI is InChI=1S/C23H22N4O2S/c1-15(16-9-11-18(12-10-16)27-13-5-8-21(27)28)25-26-23(29)22-19(24)14-20(30-22)17-6-3-2-4-7-17/h2-4,6-7,9-12,14H,5,8,13,24H2,1H3,(H,26,29)/b25-15-. The molecule has 6 nitrogen and oxygen atoms in total. The Morgan fingerprint density at radius 1 is 1.13 bits per heavy atom. The van der Waals surface area contributed by atoms with Gasteiger partial charge in [0.25, 0.3) is 5.91 Å². The maximum absolute atomic E-state index is 12.6. The zero-order valence-corrected chi connectivity index (χ0v) is 17.4. The van der Waals surface area contributed by atoms with Crippen molar-refractivity contribution in [2.24, 2.45) is 5.10 Å². The van der Waals surface area contributed by atoms with Gasteiger partial charge in [-0.3, -0.25) is 9.59 Å². The summed E-state index contributed by atoms with van der Waals surface area (Å²) in [6.45, 7) is 2.58. The van der Waals surface area contributed by atoms with E-state index < -0.39 is 0 Å². The van der Waals surface area contributed by atoms with Crippen LogP contribution in [0.1, 0.15) is 35.0 Å². The van der Waals surface area contributed by atoms with Gasteiger partial charge in [-0.15, -0.1) is 11.3 Å². The number of nitrogens with two attached hydrogens (primary N) is 1. The Kier molecular flexibility index (Phi) is 5.63. The molecule has 0 saturated carbocycles. The summed E-state index contributed by atoms with van der Waals surface area (Å²) in [5.41, 5.74) is 12.5. The lowest BCUT2D eigenvalue weighted by atomic mass is 10.1. The summed E-state index contributed by atoms with van der Waals surface area (Å²) in [4.78, 5) is 27.6. The molecule has 30 heavy (non-hydrogen) atoms. The average molecular weight is 419 g/mol. The van der Waals surface area contributed by atoms with Crippen molar-refractivity contribution < 1.29 is 9.59 Å². The number of carbonyl (C=O) groups is 2. The molecule has 0 atom stereocenters. The summed E-state index contributed by atoms with van der Waals surface area (Å²) in [5.74, 6) is -0.179. The van der Waals surface area contributed by atoms with E-state index in [0.29, 0.717) is 22.7 Å². The van der Waals surface area contributed by atoms with Crippen molar-refractivity contribution in [3.05, 3.63) is 71.1 Å². The van der Waals surface area contributed by atoms with Gasteiger partial charge in [0.2, 0.25) is 5.91 Å². The van der Waals surface area contributed by atoms with Gasteiger partial charge >= 0.3 is 0 Å². The Morgan fingerprint density at radius 3 is 2.53 bits per heavy atom. The Labute approximate surface area is 179 Å². The highest BCUT2D eigenvalue weighted by Crippen LogP contribution is 2.33. The van der Waals surface area contributed by atoms with Crippen molar-refractivity contribution in [3.8, 4) is 10.4 Å². The zero-order chi connectivity index (χ0) is 21.1. The van der Waals surface area contributed by atoms with Gasteiger partial charge in [0.15, 0.2) is 0 Å². The highest BCUT2D eigenvalue weighted by atomic mass is 32.1. The molecule has 1 aromatic heterocycles.